The van der Waals surface area contributed by atoms with Crippen LogP contribution in [0.5, 0.6) is 0 Å². The molecule has 2 aromatic carbocycles. The molecule has 37 heavy (non-hydrogen) atoms. The summed E-state index contributed by atoms with van der Waals surface area (Å²) in [4.78, 5) is 24.4. The smallest absolute Gasteiger partial charge is 0.151 e. The lowest BCUT2D eigenvalue weighted by atomic mass is 10.0. The van der Waals surface area contributed by atoms with Gasteiger partial charge in [-0.25, -0.2) is 9.97 Å². The standard InChI is InChI=1S/C32H37N3O2/c1-22-10-14-24(15-11-22)30-31(25-16-12-23(2)13-17-25)34-32-28(33-30)9-7-19-35(32)18-6-4-3-5-8-26-20-27(36)21-29(26)37/h10-17,37H,3-9,18-21H2,1-2H3. The molecule has 0 fully saturated rings. The van der Waals surface area contributed by atoms with Gasteiger partial charge in [0, 0.05) is 30.6 Å². The molecule has 0 unspecified atom stereocenters. The maximum absolute atomic E-state index is 11.5. The third kappa shape index (κ3) is 5.93. The van der Waals surface area contributed by atoms with E-state index in [1.54, 1.807) is 0 Å². The van der Waals surface area contributed by atoms with Crippen LogP contribution in [0.1, 0.15) is 68.2 Å². The monoisotopic (exact) mass is 495 g/mol. The first-order valence-corrected chi connectivity index (χ1v) is 13.7. The summed E-state index contributed by atoms with van der Waals surface area (Å²) in [6.45, 7) is 6.21. The topological polar surface area (TPSA) is 66.3 Å². The predicted molar refractivity (Wildman–Crippen MR) is 150 cm³/mol. The van der Waals surface area contributed by atoms with E-state index in [1.807, 2.05) is 0 Å². The molecule has 1 aliphatic heterocycles. The molecule has 192 valence electrons. The number of carbonyl (C=O) groups is 1. The Morgan fingerprint density at radius 2 is 1.43 bits per heavy atom. The fraction of sp³-hybridized carbons (Fsp3) is 0.406. The number of Topliss-reactive ketones (excluding diaryl/α,β-unsaturated/α-hetero) is 1. The molecule has 1 N–H and O–H groups in total. The number of ketones is 1. The zero-order chi connectivity index (χ0) is 25.8. The van der Waals surface area contributed by atoms with E-state index in [0.717, 1.165) is 97.6 Å². The van der Waals surface area contributed by atoms with Gasteiger partial charge in [0.15, 0.2) is 5.82 Å². The normalized spacial score (nSPS) is 15.4. The van der Waals surface area contributed by atoms with Crippen molar-refractivity contribution in [2.24, 2.45) is 0 Å². The van der Waals surface area contributed by atoms with Crippen molar-refractivity contribution in [2.45, 2.75) is 71.6 Å². The van der Waals surface area contributed by atoms with E-state index in [2.05, 4.69) is 67.3 Å². The summed E-state index contributed by atoms with van der Waals surface area (Å²) < 4.78 is 0. The van der Waals surface area contributed by atoms with Gasteiger partial charge >= 0.3 is 0 Å². The van der Waals surface area contributed by atoms with Crippen LogP contribution >= 0.6 is 0 Å². The van der Waals surface area contributed by atoms with Crippen molar-refractivity contribution in [3.63, 3.8) is 0 Å². The lowest BCUT2D eigenvalue weighted by Gasteiger charge is -2.30. The summed E-state index contributed by atoms with van der Waals surface area (Å²) in [6.07, 6.45) is 7.96. The molecule has 1 aliphatic carbocycles. The summed E-state index contributed by atoms with van der Waals surface area (Å²) in [5, 5.41) is 9.89. The Morgan fingerprint density at radius 3 is 2.05 bits per heavy atom. The number of unbranched alkanes of at least 4 members (excludes halogenated alkanes) is 3. The first kappa shape index (κ1) is 25.2. The minimum absolute atomic E-state index is 0.146. The van der Waals surface area contributed by atoms with E-state index in [9.17, 15) is 9.90 Å². The molecule has 3 aromatic rings. The number of nitrogens with zero attached hydrogens (tertiary/aromatic N) is 3. The summed E-state index contributed by atoms with van der Waals surface area (Å²) in [7, 11) is 0. The molecule has 0 saturated heterocycles. The molecule has 0 bridgehead atoms. The van der Waals surface area contributed by atoms with Crippen molar-refractivity contribution in [3.8, 4) is 22.5 Å². The predicted octanol–water partition coefficient (Wildman–Crippen LogP) is 7.31. The molecule has 0 spiro atoms. The summed E-state index contributed by atoms with van der Waals surface area (Å²) >= 11 is 0. The van der Waals surface area contributed by atoms with Gasteiger partial charge in [-0.15, -0.1) is 0 Å². The number of aromatic nitrogens is 2. The second kappa shape index (κ2) is 11.3. The zero-order valence-corrected chi connectivity index (χ0v) is 22.1. The molecule has 0 radical (unpaired) electrons. The van der Waals surface area contributed by atoms with Gasteiger partial charge in [0.25, 0.3) is 0 Å². The Bertz CT molecular complexity index is 1290. The van der Waals surface area contributed by atoms with Crippen molar-refractivity contribution in [2.75, 3.05) is 18.0 Å². The number of aliphatic hydroxyl groups is 1. The summed E-state index contributed by atoms with van der Waals surface area (Å²) in [5.41, 5.74) is 8.66. The van der Waals surface area contributed by atoms with Gasteiger partial charge in [-0.1, -0.05) is 72.5 Å². The molecule has 5 rings (SSSR count). The molecule has 2 aliphatic rings. The lowest BCUT2D eigenvalue weighted by molar-refractivity contribution is -0.117. The maximum atomic E-state index is 11.5. The summed E-state index contributed by atoms with van der Waals surface area (Å²) in [5.74, 6) is 1.51. The molecule has 1 aromatic heterocycles. The first-order valence-electron chi connectivity index (χ1n) is 13.7. The summed E-state index contributed by atoms with van der Waals surface area (Å²) in [6, 6.07) is 17.2. The Hall–Kier alpha value is -3.47. The number of anilines is 1. The largest absolute Gasteiger partial charge is 0.512 e. The third-order valence-corrected chi connectivity index (χ3v) is 7.58. The van der Waals surface area contributed by atoms with Crippen LogP contribution in [0.3, 0.4) is 0 Å². The van der Waals surface area contributed by atoms with E-state index in [1.165, 1.54) is 11.1 Å². The average molecular weight is 496 g/mol. The van der Waals surface area contributed by atoms with Gasteiger partial charge in [0.05, 0.1) is 29.3 Å². The minimum atomic E-state index is 0.146. The molecule has 0 amide bonds. The van der Waals surface area contributed by atoms with E-state index >= 15 is 0 Å². The molecule has 0 saturated carbocycles. The SMILES string of the molecule is Cc1ccc(-c2nc3c(nc2-c2ccc(C)cc2)N(CCCCCCC2=C(O)CC(=O)C2)CCC3)cc1. The van der Waals surface area contributed by atoms with Crippen LogP contribution in [-0.4, -0.2) is 33.9 Å². The number of aryl methyl sites for hydroxylation is 3. The molecule has 5 nitrogen and oxygen atoms in total. The lowest BCUT2D eigenvalue weighted by Crippen LogP contribution is -2.32. The van der Waals surface area contributed by atoms with Crippen LogP contribution in [0.2, 0.25) is 0 Å². The second-order valence-electron chi connectivity index (χ2n) is 10.6. The van der Waals surface area contributed by atoms with E-state index in [-0.39, 0.29) is 12.2 Å². The number of hydrogen-bond donors (Lipinski definition) is 1. The Morgan fingerprint density at radius 1 is 0.811 bits per heavy atom. The fourth-order valence-electron chi connectivity index (χ4n) is 5.41. The maximum Gasteiger partial charge on any atom is 0.151 e. The van der Waals surface area contributed by atoms with Gasteiger partial charge in [-0.05, 0) is 51.5 Å². The van der Waals surface area contributed by atoms with Gasteiger partial charge in [-0.3, -0.25) is 4.79 Å². The minimum Gasteiger partial charge on any atom is -0.512 e. The Balaban J connectivity index is 1.30. The molecular formula is C32H37N3O2. The van der Waals surface area contributed by atoms with Crippen molar-refractivity contribution in [3.05, 3.63) is 76.7 Å². The van der Waals surface area contributed by atoms with E-state index in [4.69, 9.17) is 9.97 Å². The van der Waals surface area contributed by atoms with Crippen molar-refractivity contribution in [1.82, 2.24) is 9.97 Å². The van der Waals surface area contributed by atoms with Crippen LogP contribution in [0, 0.1) is 13.8 Å². The number of fused-ring (bicyclic) bond motifs is 1. The average Bonchev–Trinajstić information content (AvgIpc) is 3.22. The second-order valence-corrected chi connectivity index (χ2v) is 10.6. The van der Waals surface area contributed by atoms with Crippen molar-refractivity contribution >= 4 is 11.6 Å². The molecule has 2 heterocycles. The Kier molecular flexibility index (Phi) is 7.68. The highest BCUT2D eigenvalue weighted by Gasteiger charge is 2.24. The molecule has 0 atom stereocenters. The van der Waals surface area contributed by atoms with E-state index < -0.39 is 0 Å². The van der Waals surface area contributed by atoms with Gasteiger partial charge in [0.1, 0.15) is 5.78 Å². The van der Waals surface area contributed by atoms with Gasteiger partial charge in [0.2, 0.25) is 0 Å². The highest BCUT2D eigenvalue weighted by atomic mass is 16.3. The number of carbonyl (C=O) groups excluding carboxylic acids is 1. The van der Waals surface area contributed by atoms with Crippen molar-refractivity contribution in [1.29, 1.82) is 0 Å². The van der Waals surface area contributed by atoms with Crippen LogP contribution in [0.15, 0.2) is 59.9 Å². The zero-order valence-electron chi connectivity index (χ0n) is 22.1. The van der Waals surface area contributed by atoms with Crippen LogP contribution in [-0.2, 0) is 11.2 Å². The molecule has 5 heteroatoms. The van der Waals surface area contributed by atoms with Gasteiger partial charge in [-0.2, -0.15) is 0 Å². The highest BCUT2D eigenvalue weighted by Crippen LogP contribution is 2.35. The number of rotatable bonds is 9. The number of allylic oxidation sites excluding steroid dienone is 2. The van der Waals surface area contributed by atoms with Crippen LogP contribution in [0.25, 0.3) is 22.5 Å². The quantitative estimate of drug-likeness (QED) is 0.315. The first-order chi connectivity index (χ1) is 18.0. The highest BCUT2D eigenvalue weighted by molar-refractivity contribution is 5.86. The Labute approximate surface area is 220 Å². The third-order valence-electron chi connectivity index (χ3n) is 7.58. The molecular weight excluding hydrogens is 458 g/mol. The van der Waals surface area contributed by atoms with Crippen LogP contribution in [0.4, 0.5) is 5.82 Å². The number of aliphatic hydroxyl groups excluding tert-OH is 1. The van der Waals surface area contributed by atoms with Crippen molar-refractivity contribution < 1.29 is 9.90 Å². The van der Waals surface area contributed by atoms with E-state index in [0.29, 0.717) is 12.2 Å². The number of hydrogen-bond acceptors (Lipinski definition) is 5. The fourth-order valence-corrected chi connectivity index (χ4v) is 5.41. The van der Waals surface area contributed by atoms with Crippen LogP contribution < -0.4 is 4.90 Å². The number of benzene rings is 2. The van der Waals surface area contributed by atoms with Gasteiger partial charge < -0.3 is 10.0 Å².